The van der Waals surface area contributed by atoms with Crippen LogP contribution in [0.4, 0.5) is 5.69 Å². The summed E-state index contributed by atoms with van der Waals surface area (Å²) in [7, 11) is 0. The van der Waals surface area contributed by atoms with E-state index in [9.17, 15) is 9.59 Å². The molecule has 0 aromatic carbocycles. The summed E-state index contributed by atoms with van der Waals surface area (Å²) >= 11 is 3.23. The van der Waals surface area contributed by atoms with Gasteiger partial charge in [0.2, 0.25) is 5.91 Å². The van der Waals surface area contributed by atoms with Crippen LogP contribution < -0.4 is 16.6 Å². The highest BCUT2D eigenvalue weighted by Crippen LogP contribution is 2.28. The molecule has 1 fully saturated rings. The Bertz CT molecular complexity index is 492. The smallest absolute Gasteiger partial charge is 0.271 e. The fourth-order valence-corrected chi connectivity index (χ4v) is 2.37. The SMILES string of the molecule is NC1(C(=O)Nc2cc(Br)c[nH]c2=O)CCCC1. The average Bonchev–Trinajstić information content (AvgIpc) is 2.72. The molecule has 6 heteroatoms. The van der Waals surface area contributed by atoms with Gasteiger partial charge in [-0.05, 0) is 34.8 Å². The molecule has 0 bridgehead atoms. The molecule has 0 saturated heterocycles. The van der Waals surface area contributed by atoms with Crippen LogP contribution in [0, 0.1) is 0 Å². The first-order chi connectivity index (χ1) is 8.01. The summed E-state index contributed by atoms with van der Waals surface area (Å²) in [6.45, 7) is 0. The number of aromatic amines is 1. The number of hydrogen-bond acceptors (Lipinski definition) is 3. The Hall–Kier alpha value is -1.14. The molecule has 1 heterocycles. The second-order valence-corrected chi connectivity index (χ2v) is 5.29. The normalized spacial score (nSPS) is 18.0. The van der Waals surface area contributed by atoms with Crippen molar-refractivity contribution >= 4 is 27.5 Å². The summed E-state index contributed by atoms with van der Waals surface area (Å²) in [5, 5.41) is 2.60. The molecule has 1 aromatic rings. The Kier molecular flexibility index (Phi) is 3.35. The van der Waals surface area contributed by atoms with Crippen molar-refractivity contribution in [1.29, 1.82) is 0 Å². The van der Waals surface area contributed by atoms with E-state index < -0.39 is 5.54 Å². The predicted octanol–water partition coefficient (Wildman–Crippen LogP) is 1.35. The third-order valence-corrected chi connectivity index (χ3v) is 3.52. The molecule has 1 amide bonds. The minimum absolute atomic E-state index is 0.223. The van der Waals surface area contributed by atoms with Crippen LogP contribution in [0.5, 0.6) is 0 Å². The summed E-state index contributed by atoms with van der Waals surface area (Å²) in [5.41, 5.74) is 5.07. The number of anilines is 1. The molecule has 17 heavy (non-hydrogen) atoms. The summed E-state index contributed by atoms with van der Waals surface area (Å²) in [5.74, 6) is -0.279. The number of H-pyrrole nitrogens is 1. The van der Waals surface area contributed by atoms with Gasteiger partial charge in [-0.25, -0.2) is 0 Å². The van der Waals surface area contributed by atoms with Crippen molar-refractivity contribution in [2.24, 2.45) is 5.73 Å². The predicted molar refractivity (Wildman–Crippen MR) is 68.8 cm³/mol. The van der Waals surface area contributed by atoms with Crippen LogP contribution in [0.15, 0.2) is 21.5 Å². The number of amides is 1. The van der Waals surface area contributed by atoms with Gasteiger partial charge in [0, 0.05) is 10.7 Å². The van der Waals surface area contributed by atoms with Gasteiger partial charge in [-0.3, -0.25) is 9.59 Å². The van der Waals surface area contributed by atoms with Gasteiger partial charge < -0.3 is 16.0 Å². The molecule has 5 nitrogen and oxygen atoms in total. The molecule has 1 aliphatic rings. The largest absolute Gasteiger partial charge is 0.326 e. The maximum Gasteiger partial charge on any atom is 0.271 e. The van der Waals surface area contributed by atoms with Gasteiger partial charge in [-0.1, -0.05) is 12.8 Å². The first-order valence-corrected chi connectivity index (χ1v) is 6.29. The van der Waals surface area contributed by atoms with Crippen molar-refractivity contribution in [3.63, 3.8) is 0 Å². The lowest BCUT2D eigenvalue weighted by Gasteiger charge is -2.21. The number of nitrogens with one attached hydrogen (secondary N) is 2. The Morgan fingerprint density at radius 3 is 2.76 bits per heavy atom. The van der Waals surface area contributed by atoms with Gasteiger partial charge in [0.15, 0.2) is 0 Å². The number of carbonyl (C=O) groups excluding carboxylic acids is 1. The van der Waals surface area contributed by atoms with Crippen LogP contribution in [0.1, 0.15) is 25.7 Å². The first kappa shape index (κ1) is 12.3. The fourth-order valence-electron chi connectivity index (χ4n) is 2.03. The lowest BCUT2D eigenvalue weighted by Crippen LogP contribution is -2.49. The molecule has 0 unspecified atom stereocenters. The van der Waals surface area contributed by atoms with Crippen LogP contribution in [0.3, 0.4) is 0 Å². The Balaban J connectivity index is 2.18. The van der Waals surface area contributed by atoms with Crippen molar-refractivity contribution in [1.82, 2.24) is 4.98 Å². The van der Waals surface area contributed by atoms with E-state index in [-0.39, 0.29) is 17.2 Å². The third-order valence-electron chi connectivity index (χ3n) is 3.06. The molecular formula is C11H14BrN3O2. The highest BCUT2D eigenvalue weighted by Gasteiger charge is 2.37. The third kappa shape index (κ3) is 2.58. The maximum atomic E-state index is 12.0. The van der Waals surface area contributed by atoms with Crippen LogP contribution in [0.2, 0.25) is 0 Å². The van der Waals surface area contributed by atoms with Crippen LogP contribution in [-0.4, -0.2) is 16.4 Å². The molecule has 2 rings (SSSR count). The molecule has 1 saturated carbocycles. The van der Waals surface area contributed by atoms with E-state index in [1.807, 2.05) is 0 Å². The quantitative estimate of drug-likeness (QED) is 0.770. The van der Waals surface area contributed by atoms with Crippen molar-refractivity contribution in [2.45, 2.75) is 31.2 Å². The topological polar surface area (TPSA) is 88.0 Å². The van der Waals surface area contributed by atoms with Crippen LogP contribution >= 0.6 is 15.9 Å². The lowest BCUT2D eigenvalue weighted by molar-refractivity contribution is -0.121. The highest BCUT2D eigenvalue weighted by atomic mass is 79.9. The Morgan fingerprint density at radius 1 is 1.47 bits per heavy atom. The monoisotopic (exact) mass is 299 g/mol. The molecule has 0 spiro atoms. The van der Waals surface area contributed by atoms with Gasteiger partial charge in [0.05, 0.1) is 5.54 Å². The average molecular weight is 300 g/mol. The van der Waals surface area contributed by atoms with Crippen LogP contribution in [-0.2, 0) is 4.79 Å². The summed E-state index contributed by atoms with van der Waals surface area (Å²) in [6.07, 6.45) is 4.78. The minimum atomic E-state index is -0.825. The molecule has 1 aromatic heterocycles. The standard InChI is InChI=1S/C11H14BrN3O2/c12-7-5-8(9(16)14-6-7)15-10(17)11(13)3-1-2-4-11/h5-6H,1-4,13H2,(H,14,16)(H,15,17). The Morgan fingerprint density at radius 2 is 2.12 bits per heavy atom. The van der Waals surface area contributed by atoms with Crippen LogP contribution in [0.25, 0.3) is 0 Å². The minimum Gasteiger partial charge on any atom is -0.326 e. The van der Waals surface area contributed by atoms with E-state index in [0.29, 0.717) is 17.3 Å². The number of aromatic nitrogens is 1. The molecule has 0 atom stereocenters. The number of rotatable bonds is 2. The van der Waals surface area contributed by atoms with Crippen molar-refractivity contribution in [3.8, 4) is 0 Å². The first-order valence-electron chi connectivity index (χ1n) is 5.50. The van der Waals surface area contributed by atoms with E-state index in [1.54, 1.807) is 6.07 Å². The van der Waals surface area contributed by atoms with Gasteiger partial charge >= 0.3 is 0 Å². The maximum absolute atomic E-state index is 12.0. The number of carbonyl (C=O) groups is 1. The number of hydrogen-bond donors (Lipinski definition) is 3. The van der Waals surface area contributed by atoms with E-state index in [4.69, 9.17) is 5.73 Å². The second kappa shape index (κ2) is 4.62. The zero-order valence-corrected chi connectivity index (χ0v) is 10.8. The summed E-state index contributed by atoms with van der Waals surface area (Å²) in [6, 6.07) is 1.56. The highest BCUT2D eigenvalue weighted by molar-refractivity contribution is 9.10. The summed E-state index contributed by atoms with van der Waals surface area (Å²) < 4.78 is 0.699. The van der Waals surface area contributed by atoms with E-state index in [0.717, 1.165) is 12.8 Å². The van der Waals surface area contributed by atoms with Gasteiger partial charge in [0.1, 0.15) is 5.69 Å². The summed E-state index contributed by atoms with van der Waals surface area (Å²) in [4.78, 5) is 26.0. The van der Waals surface area contributed by atoms with Crippen molar-refractivity contribution in [2.75, 3.05) is 5.32 Å². The molecule has 0 aliphatic heterocycles. The van der Waals surface area contributed by atoms with E-state index in [1.165, 1.54) is 6.20 Å². The zero-order valence-electron chi connectivity index (χ0n) is 9.25. The van der Waals surface area contributed by atoms with Gasteiger partial charge in [0.25, 0.3) is 5.56 Å². The van der Waals surface area contributed by atoms with Crippen molar-refractivity contribution in [3.05, 3.63) is 27.1 Å². The number of pyridine rings is 1. The molecule has 0 radical (unpaired) electrons. The molecule has 4 N–H and O–H groups in total. The molecular weight excluding hydrogens is 286 g/mol. The van der Waals surface area contributed by atoms with E-state index >= 15 is 0 Å². The molecule has 92 valence electrons. The number of halogens is 1. The van der Waals surface area contributed by atoms with Gasteiger partial charge in [-0.15, -0.1) is 0 Å². The Labute approximate surface area is 107 Å². The fraction of sp³-hybridized carbons (Fsp3) is 0.455. The lowest BCUT2D eigenvalue weighted by atomic mass is 9.98. The zero-order chi connectivity index (χ0) is 12.5. The van der Waals surface area contributed by atoms with E-state index in [2.05, 4.69) is 26.2 Å². The van der Waals surface area contributed by atoms with Gasteiger partial charge in [-0.2, -0.15) is 0 Å². The molecule has 1 aliphatic carbocycles. The second-order valence-electron chi connectivity index (χ2n) is 4.38. The van der Waals surface area contributed by atoms with Crippen molar-refractivity contribution < 1.29 is 4.79 Å². The number of nitrogens with two attached hydrogens (primary N) is 1.